The molecule has 54 valence electrons. The molecule has 0 fully saturated rings. The normalized spacial score (nSPS) is 9.00. The number of hydrogen-bond donors (Lipinski definition) is 4. The minimum absolute atomic E-state index is 0.444. The molecule has 4 nitrogen and oxygen atoms in total. The summed E-state index contributed by atoms with van der Waals surface area (Å²) in [5.74, 6) is -0.653. The molecule has 0 saturated carbocycles. The van der Waals surface area contributed by atoms with Crippen molar-refractivity contribution in [1.29, 1.82) is 0 Å². The molecule has 0 aliphatic carbocycles. The fourth-order valence-corrected chi connectivity index (χ4v) is 0.368. The average Bonchev–Trinajstić information content (AvgIpc) is 1.80. The van der Waals surface area contributed by atoms with Crippen molar-refractivity contribution in [3.63, 3.8) is 0 Å². The molecule has 0 spiro atoms. The Balaban J connectivity index is 3.00. The molecule has 0 amide bonds. The Bertz CT molecular complexity index is 89.0. The summed E-state index contributed by atoms with van der Waals surface area (Å²) in [6.07, 6.45) is 1.26. The fraction of sp³-hybridized carbons (Fsp3) is 0.600. The highest BCUT2D eigenvalue weighted by molar-refractivity contribution is 4.80. The lowest BCUT2D eigenvalue weighted by molar-refractivity contribution is 0.189. The lowest BCUT2D eigenvalue weighted by Crippen LogP contribution is -2.22. The van der Waals surface area contributed by atoms with E-state index in [9.17, 15) is 0 Å². The average molecular weight is 132 g/mol. The van der Waals surface area contributed by atoms with Crippen molar-refractivity contribution in [3.8, 4) is 0 Å². The standard InChI is InChI=1S/C5H12N2O2/c6-2-4-7-3-1-5(8)9/h1,7-9H,2-4,6H2. The first kappa shape index (κ1) is 8.26. The maximum atomic E-state index is 8.20. The molecular weight excluding hydrogens is 120 g/mol. The Morgan fingerprint density at radius 2 is 2.22 bits per heavy atom. The first-order valence-corrected chi connectivity index (χ1v) is 2.76. The van der Waals surface area contributed by atoms with E-state index in [1.165, 1.54) is 6.08 Å². The van der Waals surface area contributed by atoms with Gasteiger partial charge in [0.15, 0.2) is 0 Å². The number of nitrogens with one attached hydrogen (secondary N) is 1. The van der Waals surface area contributed by atoms with E-state index < -0.39 is 5.95 Å². The summed E-state index contributed by atoms with van der Waals surface area (Å²) in [6.45, 7) is 1.68. The van der Waals surface area contributed by atoms with Crippen LogP contribution in [0.4, 0.5) is 0 Å². The van der Waals surface area contributed by atoms with Gasteiger partial charge in [-0.1, -0.05) is 0 Å². The molecule has 0 bridgehead atoms. The topological polar surface area (TPSA) is 78.5 Å². The Morgan fingerprint density at radius 3 is 2.67 bits per heavy atom. The molecule has 0 aromatic heterocycles. The molecule has 0 saturated heterocycles. The van der Waals surface area contributed by atoms with Crippen LogP contribution in [-0.2, 0) is 0 Å². The van der Waals surface area contributed by atoms with E-state index >= 15 is 0 Å². The van der Waals surface area contributed by atoms with Crippen LogP contribution in [0.2, 0.25) is 0 Å². The van der Waals surface area contributed by atoms with E-state index in [1.807, 2.05) is 0 Å². The first-order valence-electron chi connectivity index (χ1n) is 2.76. The minimum Gasteiger partial charge on any atom is -0.481 e. The molecule has 0 radical (unpaired) electrons. The van der Waals surface area contributed by atoms with E-state index in [2.05, 4.69) is 5.32 Å². The summed E-state index contributed by atoms with van der Waals surface area (Å²) in [5.41, 5.74) is 5.14. The molecule has 0 aromatic rings. The van der Waals surface area contributed by atoms with Crippen LogP contribution < -0.4 is 11.1 Å². The zero-order valence-corrected chi connectivity index (χ0v) is 5.17. The van der Waals surface area contributed by atoms with Gasteiger partial charge in [0.1, 0.15) is 0 Å². The molecule has 0 unspecified atom stereocenters. The zero-order chi connectivity index (χ0) is 7.11. The van der Waals surface area contributed by atoms with Crippen molar-refractivity contribution in [3.05, 3.63) is 12.0 Å². The van der Waals surface area contributed by atoms with Crippen LogP contribution >= 0.6 is 0 Å². The van der Waals surface area contributed by atoms with Crippen LogP contribution in [0, 0.1) is 0 Å². The predicted molar refractivity (Wildman–Crippen MR) is 35.3 cm³/mol. The van der Waals surface area contributed by atoms with Gasteiger partial charge in [0.05, 0.1) is 0 Å². The van der Waals surface area contributed by atoms with Gasteiger partial charge >= 0.3 is 0 Å². The highest BCUT2D eigenvalue weighted by Crippen LogP contribution is 1.74. The van der Waals surface area contributed by atoms with Crippen molar-refractivity contribution in [1.82, 2.24) is 5.32 Å². The SMILES string of the molecule is NCCNCC=C(O)O. The van der Waals surface area contributed by atoms with E-state index in [-0.39, 0.29) is 0 Å². The molecule has 0 rings (SSSR count). The summed E-state index contributed by atoms with van der Waals surface area (Å²) >= 11 is 0. The molecule has 0 heterocycles. The maximum absolute atomic E-state index is 8.20. The van der Waals surface area contributed by atoms with E-state index in [0.29, 0.717) is 19.6 Å². The van der Waals surface area contributed by atoms with Crippen LogP contribution in [0.15, 0.2) is 12.0 Å². The third-order valence-corrected chi connectivity index (χ3v) is 0.750. The lowest BCUT2D eigenvalue weighted by Gasteiger charge is -1.95. The molecule has 0 aromatic carbocycles. The van der Waals surface area contributed by atoms with Crippen molar-refractivity contribution >= 4 is 0 Å². The molecule has 0 aliphatic heterocycles. The Morgan fingerprint density at radius 1 is 1.56 bits per heavy atom. The first-order chi connectivity index (χ1) is 4.27. The molecule has 9 heavy (non-hydrogen) atoms. The van der Waals surface area contributed by atoms with Crippen molar-refractivity contribution < 1.29 is 10.2 Å². The van der Waals surface area contributed by atoms with Gasteiger partial charge in [-0.2, -0.15) is 0 Å². The van der Waals surface area contributed by atoms with Gasteiger partial charge in [0, 0.05) is 25.7 Å². The molecule has 4 heteroatoms. The van der Waals surface area contributed by atoms with Gasteiger partial charge in [-0.05, 0) is 0 Å². The van der Waals surface area contributed by atoms with Crippen molar-refractivity contribution in [2.24, 2.45) is 5.73 Å². The van der Waals surface area contributed by atoms with Crippen molar-refractivity contribution in [2.75, 3.05) is 19.6 Å². The minimum atomic E-state index is -0.653. The Kier molecular flexibility index (Phi) is 4.95. The highest BCUT2D eigenvalue weighted by atomic mass is 16.5. The monoisotopic (exact) mass is 132 g/mol. The summed E-state index contributed by atoms with van der Waals surface area (Å²) in [4.78, 5) is 0. The highest BCUT2D eigenvalue weighted by Gasteiger charge is 1.82. The summed E-state index contributed by atoms with van der Waals surface area (Å²) in [6, 6.07) is 0. The smallest absolute Gasteiger partial charge is 0.271 e. The molecule has 0 atom stereocenters. The van der Waals surface area contributed by atoms with Crippen LogP contribution in [0.3, 0.4) is 0 Å². The predicted octanol–water partition coefficient (Wildman–Crippen LogP) is -0.508. The van der Waals surface area contributed by atoms with Gasteiger partial charge in [-0.25, -0.2) is 0 Å². The van der Waals surface area contributed by atoms with E-state index in [1.54, 1.807) is 0 Å². The number of rotatable bonds is 4. The largest absolute Gasteiger partial charge is 0.481 e. The van der Waals surface area contributed by atoms with Gasteiger partial charge < -0.3 is 21.3 Å². The summed E-state index contributed by atoms with van der Waals surface area (Å²) in [7, 11) is 0. The summed E-state index contributed by atoms with van der Waals surface area (Å²) < 4.78 is 0. The third-order valence-electron chi connectivity index (χ3n) is 0.750. The maximum Gasteiger partial charge on any atom is 0.271 e. The number of aliphatic hydroxyl groups is 2. The second-order valence-corrected chi connectivity index (χ2v) is 1.56. The van der Waals surface area contributed by atoms with Gasteiger partial charge in [0.2, 0.25) is 0 Å². The van der Waals surface area contributed by atoms with Crippen LogP contribution in [-0.4, -0.2) is 29.8 Å². The number of aliphatic hydroxyl groups excluding tert-OH is 1. The molecule has 0 aliphatic rings. The fourth-order valence-electron chi connectivity index (χ4n) is 0.368. The zero-order valence-electron chi connectivity index (χ0n) is 5.17. The second-order valence-electron chi connectivity index (χ2n) is 1.56. The summed E-state index contributed by atoms with van der Waals surface area (Å²) in [5, 5.41) is 19.2. The van der Waals surface area contributed by atoms with Crippen molar-refractivity contribution in [2.45, 2.75) is 0 Å². The van der Waals surface area contributed by atoms with Crippen LogP contribution in [0.25, 0.3) is 0 Å². The Hall–Kier alpha value is -0.740. The molecular formula is C5H12N2O2. The van der Waals surface area contributed by atoms with Gasteiger partial charge in [0.25, 0.3) is 5.95 Å². The van der Waals surface area contributed by atoms with Gasteiger partial charge in [-0.15, -0.1) is 0 Å². The lowest BCUT2D eigenvalue weighted by atomic mass is 10.5. The van der Waals surface area contributed by atoms with Crippen LogP contribution in [0.5, 0.6) is 0 Å². The molecule has 5 N–H and O–H groups in total. The van der Waals surface area contributed by atoms with Gasteiger partial charge in [-0.3, -0.25) is 0 Å². The quantitative estimate of drug-likeness (QED) is 0.307. The second kappa shape index (κ2) is 5.40. The third kappa shape index (κ3) is 7.26. The number of hydrogen-bond acceptors (Lipinski definition) is 4. The van der Waals surface area contributed by atoms with E-state index in [0.717, 1.165) is 0 Å². The van der Waals surface area contributed by atoms with E-state index in [4.69, 9.17) is 15.9 Å². The number of nitrogens with two attached hydrogens (primary N) is 1. The van der Waals surface area contributed by atoms with Crippen LogP contribution in [0.1, 0.15) is 0 Å². The Labute approximate surface area is 54.0 Å².